The Bertz CT molecular complexity index is 1530. The van der Waals surface area contributed by atoms with Gasteiger partial charge in [-0.1, -0.05) is 18.2 Å². The van der Waals surface area contributed by atoms with Crippen LogP contribution in [0.1, 0.15) is 23.0 Å². The average Bonchev–Trinajstić information content (AvgIpc) is 3.62. The van der Waals surface area contributed by atoms with Gasteiger partial charge in [-0.3, -0.25) is 0 Å². The standard InChI is InChI=1S/C26H20N2O6S/c1-3-32-26(30)22-19(17-7-6-16-12-18(31-2)9-8-15(16)11-17)14-35-24(22)27-13-20-25(29)34-23(28-20)21-5-4-10-33-21/h4-14,29H,3H2,1-2H3/b27-13+. The summed E-state index contributed by atoms with van der Waals surface area (Å²) in [7, 11) is 1.63. The Morgan fingerprint density at radius 3 is 2.80 bits per heavy atom. The Balaban J connectivity index is 1.53. The van der Waals surface area contributed by atoms with Gasteiger partial charge in [0.2, 0.25) is 0 Å². The maximum Gasteiger partial charge on any atom is 0.341 e. The van der Waals surface area contributed by atoms with Crippen molar-refractivity contribution in [3.05, 3.63) is 71.4 Å². The number of nitrogens with zero attached hydrogens (tertiary/aromatic N) is 2. The van der Waals surface area contributed by atoms with Gasteiger partial charge in [0, 0.05) is 10.9 Å². The maximum absolute atomic E-state index is 12.9. The molecule has 0 aliphatic rings. The fourth-order valence-corrected chi connectivity index (χ4v) is 4.52. The normalized spacial score (nSPS) is 11.4. The van der Waals surface area contributed by atoms with E-state index >= 15 is 0 Å². The minimum Gasteiger partial charge on any atom is -0.497 e. The van der Waals surface area contributed by atoms with Crippen molar-refractivity contribution < 1.29 is 28.2 Å². The lowest BCUT2D eigenvalue weighted by molar-refractivity contribution is 0.0529. The van der Waals surface area contributed by atoms with Gasteiger partial charge in [-0.25, -0.2) is 14.8 Å². The van der Waals surface area contributed by atoms with Gasteiger partial charge in [0.1, 0.15) is 16.3 Å². The largest absolute Gasteiger partial charge is 0.497 e. The van der Waals surface area contributed by atoms with Crippen LogP contribution in [0.4, 0.5) is 5.00 Å². The Hall–Kier alpha value is -4.37. The van der Waals surface area contributed by atoms with Crippen molar-refractivity contribution >= 4 is 39.3 Å². The molecule has 0 aliphatic carbocycles. The summed E-state index contributed by atoms with van der Waals surface area (Å²) in [5.41, 5.74) is 2.02. The molecule has 9 heteroatoms. The van der Waals surface area contributed by atoms with Crippen LogP contribution in [0.25, 0.3) is 33.6 Å². The number of thiophene rings is 1. The SMILES string of the molecule is CCOC(=O)c1c(-c2ccc3cc(OC)ccc3c2)csc1/N=C/c1nc(-c2ccco2)oc1O. The number of ether oxygens (including phenoxy) is 2. The Morgan fingerprint density at radius 2 is 2.03 bits per heavy atom. The monoisotopic (exact) mass is 488 g/mol. The van der Waals surface area contributed by atoms with E-state index in [1.807, 2.05) is 41.8 Å². The van der Waals surface area contributed by atoms with E-state index in [1.165, 1.54) is 23.8 Å². The third-order valence-corrected chi connectivity index (χ3v) is 6.17. The molecule has 5 aromatic rings. The highest BCUT2D eigenvalue weighted by Gasteiger charge is 2.22. The second-order valence-electron chi connectivity index (χ2n) is 7.42. The second-order valence-corrected chi connectivity index (χ2v) is 8.28. The van der Waals surface area contributed by atoms with Crippen molar-refractivity contribution in [2.24, 2.45) is 4.99 Å². The van der Waals surface area contributed by atoms with Gasteiger partial charge in [-0.2, -0.15) is 0 Å². The third-order valence-electron chi connectivity index (χ3n) is 5.28. The van der Waals surface area contributed by atoms with Gasteiger partial charge in [0.05, 0.1) is 26.2 Å². The molecule has 0 amide bonds. The number of fused-ring (bicyclic) bond motifs is 1. The molecule has 0 aliphatic heterocycles. The number of aliphatic imine (C=N–C) groups is 1. The first kappa shape index (κ1) is 22.4. The number of rotatable bonds is 7. The van der Waals surface area contributed by atoms with Crippen LogP contribution in [0.2, 0.25) is 0 Å². The van der Waals surface area contributed by atoms with Crippen LogP contribution in [0, 0.1) is 0 Å². The van der Waals surface area contributed by atoms with E-state index in [2.05, 4.69) is 9.98 Å². The Morgan fingerprint density at radius 1 is 1.20 bits per heavy atom. The summed E-state index contributed by atoms with van der Waals surface area (Å²) in [6.45, 7) is 1.98. The third kappa shape index (κ3) is 4.41. The molecule has 0 saturated carbocycles. The fraction of sp³-hybridized carbons (Fsp3) is 0.115. The molecule has 0 bridgehead atoms. The molecule has 35 heavy (non-hydrogen) atoms. The number of methoxy groups -OCH3 is 1. The Kier molecular flexibility index (Phi) is 6.07. The van der Waals surface area contributed by atoms with Crippen LogP contribution >= 0.6 is 11.3 Å². The average molecular weight is 489 g/mol. The van der Waals surface area contributed by atoms with E-state index < -0.39 is 11.9 Å². The molecule has 0 radical (unpaired) electrons. The van der Waals surface area contributed by atoms with Crippen molar-refractivity contribution in [1.29, 1.82) is 0 Å². The van der Waals surface area contributed by atoms with E-state index in [1.54, 1.807) is 26.2 Å². The number of esters is 1. The number of aromatic nitrogens is 1. The molecule has 1 N–H and O–H groups in total. The van der Waals surface area contributed by atoms with Crippen molar-refractivity contribution in [3.8, 4) is 34.5 Å². The van der Waals surface area contributed by atoms with Crippen LogP contribution in [0.3, 0.4) is 0 Å². The van der Waals surface area contributed by atoms with Gasteiger partial charge in [-0.15, -0.1) is 11.3 Å². The zero-order chi connectivity index (χ0) is 24.4. The summed E-state index contributed by atoms with van der Waals surface area (Å²) in [6.07, 6.45) is 2.82. The smallest absolute Gasteiger partial charge is 0.341 e. The van der Waals surface area contributed by atoms with E-state index in [0.717, 1.165) is 22.1 Å². The van der Waals surface area contributed by atoms with Gasteiger partial charge in [0.25, 0.3) is 5.89 Å². The number of carbonyl (C=O) groups is 1. The molecule has 176 valence electrons. The molecule has 0 saturated heterocycles. The predicted octanol–water partition coefficient (Wildman–Crippen LogP) is 6.46. The first-order valence-electron chi connectivity index (χ1n) is 10.7. The molecule has 3 heterocycles. The summed E-state index contributed by atoms with van der Waals surface area (Å²) in [5, 5.41) is 14.4. The summed E-state index contributed by atoms with van der Waals surface area (Å²) >= 11 is 1.29. The molecule has 0 fully saturated rings. The number of carbonyl (C=O) groups excluding carboxylic acids is 1. The minimum atomic E-state index is -0.480. The van der Waals surface area contributed by atoms with Crippen LogP contribution in [0.5, 0.6) is 11.7 Å². The van der Waals surface area contributed by atoms with Crippen molar-refractivity contribution in [1.82, 2.24) is 4.98 Å². The lowest BCUT2D eigenvalue weighted by Crippen LogP contribution is -2.05. The molecule has 2 aromatic carbocycles. The van der Waals surface area contributed by atoms with Crippen molar-refractivity contribution in [3.63, 3.8) is 0 Å². The highest BCUT2D eigenvalue weighted by molar-refractivity contribution is 7.14. The Labute approximate surface area is 204 Å². The predicted molar refractivity (Wildman–Crippen MR) is 133 cm³/mol. The summed E-state index contributed by atoms with van der Waals surface area (Å²) < 4.78 is 21.1. The molecular weight excluding hydrogens is 468 g/mol. The summed E-state index contributed by atoms with van der Waals surface area (Å²) in [6, 6.07) is 15.1. The first-order chi connectivity index (χ1) is 17.1. The summed E-state index contributed by atoms with van der Waals surface area (Å²) in [4.78, 5) is 21.5. The van der Waals surface area contributed by atoms with Crippen LogP contribution in [-0.2, 0) is 4.74 Å². The second kappa shape index (κ2) is 9.47. The highest BCUT2D eigenvalue weighted by Crippen LogP contribution is 2.39. The molecule has 0 spiro atoms. The summed E-state index contributed by atoms with van der Waals surface area (Å²) in [5.74, 6) is 0.389. The van der Waals surface area contributed by atoms with Gasteiger partial charge >= 0.3 is 11.9 Å². The lowest BCUT2D eigenvalue weighted by Gasteiger charge is -2.08. The topological polar surface area (TPSA) is 107 Å². The molecule has 3 aromatic heterocycles. The van der Waals surface area contributed by atoms with Gasteiger partial charge in [-0.05, 0) is 53.6 Å². The molecule has 0 atom stereocenters. The highest BCUT2D eigenvalue weighted by atomic mass is 32.1. The first-order valence-corrected chi connectivity index (χ1v) is 11.6. The van der Waals surface area contributed by atoms with Gasteiger partial charge < -0.3 is 23.4 Å². The quantitative estimate of drug-likeness (QED) is 0.207. The molecule has 0 unspecified atom stereocenters. The number of benzene rings is 2. The number of oxazole rings is 1. The minimum absolute atomic E-state index is 0.112. The van der Waals surface area contributed by atoms with Crippen molar-refractivity contribution in [2.45, 2.75) is 6.92 Å². The molecule has 8 nitrogen and oxygen atoms in total. The van der Waals surface area contributed by atoms with Crippen LogP contribution in [0.15, 0.2) is 74.0 Å². The maximum atomic E-state index is 12.9. The van der Waals surface area contributed by atoms with Crippen LogP contribution in [-0.4, -0.2) is 36.0 Å². The fourth-order valence-electron chi connectivity index (χ4n) is 3.61. The zero-order valence-corrected chi connectivity index (χ0v) is 19.7. The van der Waals surface area contributed by atoms with Crippen molar-refractivity contribution in [2.75, 3.05) is 13.7 Å². The number of aromatic hydroxyl groups is 1. The van der Waals surface area contributed by atoms with E-state index in [9.17, 15) is 9.90 Å². The van der Waals surface area contributed by atoms with Crippen LogP contribution < -0.4 is 4.74 Å². The number of hydrogen-bond donors (Lipinski definition) is 1. The number of furan rings is 1. The van der Waals surface area contributed by atoms with Gasteiger partial charge in [0.15, 0.2) is 11.5 Å². The molecule has 5 rings (SSSR count). The van der Waals surface area contributed by atoms with E-state index in [4.69, 9.17) is 18.3 Å². The molecular formula is C26H20N2O6S. The lowest BCUT2D eigenvalue weighted by atomic mass is 10.00. The zero-order valence-electron chi connectivity index (χ0n) is 18.8. The van der Waals surface area contributed by atoms with E-state index in [-0.39, 0.29) is 18.2 Å². The number of hydrogen-bond acceptors (Lipinski definition) is 9. The van der Waals surface area contributed by atoms with E-state index in [0.29, 0.717) is 21.9 Å².